The summed E-state index contributed by atoms with van der Waals surface area (Å²) in [7, 11) is 0. The molecule has 1 aliphatic rings. The van der Waals surface area contributed by atoms with E-state index >= 15 is 0 Å². The number of carbonyl (C=O) groups excluding carboxylic acids is 1. The molecule has 2 aromatic rings. The molecule has 2 heterocycles. The first-order valence-corrected chi connectivity index (χ1v) is 8.07. The number of nitrogens with zero attached hydrogens (tertiary/aromatic N) is 3. The molecule has 0 bridgehead atoms. The minimum atomic E-state index is -0.0983. The van der Waals surface area contributed by atoms with Gasteiger partial charge in [-0.3, -0.25) is 4.79 Å². The van der Waals surface area contributed by atoms with Crippen LogP contribution in [0.15, 0.2) is 36.5 Å². The molecule has 112 valence electrons. The van der Waals surface area contributed by atoms with Crippen LogP contribution in [0.25, 0.3) is 0 Å². The maximum atomic E-state index is 12.1. The van der Waals surface area contributed by atoms with E-state index in [2.05, 4.69) is 28.6 Å². The second-order valence-corrected chi connectivity index (χ2v) is 6.36. The zero-order valence-corrected chi connectivity index (χ0v) is 13.3. The summed E-state index contributed by atoms with van der Waals surface area (Å²) >= 11 is 1.69. The number of hydrogen-bond donors (Lipinski definition) is 0. The Bertz CT molecular complexity index is 706. The molecule has 0 saturated carbocycles. The SMILES string of the molecule is Cc1cnc(N2CCN(C(=O)C#Cc3ccccc3)CC2)s1. The highest BCUT2D eigenvalue weighted by Crippen LogP contribution is 2.22. The first-order valence-electron chi connectivity index (χ1n) is 7.26. The predicted molar refractivity (Wildman–Crippen MR) is 89.0 cm³/mol. The van der Waals surface area contributed by atoms with E-state index in [0.717, 1.165) is 23.8 Å². The van der Waals surface area contributed by atoms with E-state index in [-0.39, 0.29) is 5.91 Å². The van der Waals surface area contributed by atoms with E-state index in [1.807, 2.05) is 41.4 Å². The van der Waals surface area contributed by atoms with Gasteiger partial charge in [0.2, 0.25) is 0 Å². The van der Waals surface area contributed by atoms with Crippen LogP contribution in [0.3, 0.4) is 0 Å². The van der Waals surface area contributed by atoms with Crippen molar-refractivity contribution in [1.29, 1.82) is 0 Å². The number of piperazine rings is 1. The lowest BCUT2D eigenvalue weighted by molar-refractivity contribution is -0.125. The third-order valence-electron chi connectivity index (χ3n) is 3.53. The largest absolute Gasteiger partial charge is 0.345 e. The summed E-state index contributed by atoms with van der Waals surface area (Å²) in [4.78, 5) is 21.8. The van der Waals surface area contributed by atoms with Gasteiger partial charge in [-0.2, -0.15) is 0 Å². The van der Waals surface area contributed by atoms with E-state index in [1.165, 1.54) is 4.88 Å². The zero-order valence-electron chi connectivity index (χ0n) is 12.5. The van der Waals surface area contributed by atoms with Gasteiger partial charge in [0.25, 0.3) is 5.91 Å². The van der Waals surface area contributed by atoms with Crippen LogP contribution in [0, 0.1) is 18.8 Å². The van der Waals surface area contributed by atoms with Crippen molar-refractivity contribution >= 4 is 22.4 Å². The molecule has 0 unspecified atom stereocenters. The molecule has 0 spiro atoms. The molecular weight excluding hydrogens is 294 g/mol. The van der Waals surface area contributed by atoms with Crippen LogP contribution in [0.1, 0.15) is 10.4 Å². The van der Waals surface area contributed by atoms with Crippen molar-refractivity contribution in [2.45, 2.75) is 6.92 Å². The lowest BCUT2D eigenvalue weighted by Crippen LogP contribution is -2.48. The van der Waals surface area contributed by atoms with Crippen LogP contribution in [0.2, 0.25) is 0 Å². The molecule has 0 atom stereocenters. The van der Waals surface area contributed by atoms with Gasteiger partial charge in [0, 0.05) is 48.7 Å². The molecule has 3 rings (SSSR count). The Morgan fingerprint density at radius 3 is 2.55 bits per heavy atom. The Morgan fingerprint density at radius 1 is 1.18 bits per heavy atom. The number of aromatic nitrogens is 1. The highest BCUT2D eigenvalue weighted by atomic mass is 32.1. The van der Waals surface area contributed by atoms with E-state index in [0.29, 0.717) is 13.1 Å². The molecule has 1 fully saturated rings. The topological polar surface area (TPSA) is 36.4 Å². The smallest absolute Gasteiger partial charge is 0.298 e. The highest BCUT2D eigenvalue weighted by Gasteiger charge is 2.21. The van der Waals surface area contributed by atoms with Crippen molar-refractivity contribution in [1.82, 2.24) is 9.88 Å². The Kier molecular flexibility index (Phi) is 4.40. The number of amides is 1. The molecule has 1 aromatic heterocycles. The average molecular weight is 311 g/mol. The van der Waals surface area contributed by atoms with E-state index in [1.54, 1.807) is 11.3 Å². The first kappa shape index (κ1) is 14.6. The van der Waals surface area contributed by atoms with E-state index in [9.17, 15) is 4.79 Å². The maximum Gasteiger partial charge on any atom is 0.298 e. The van der Waals surface area contributed by atoms with Gasteiger partial charge in [0.05, 0.1) is 0 Å². The number of anilines is 1. The molecule has 5 heteroatoms. The number of carbonyl (C=O) groups is 1. The Hall–Kier alpha value is -2.32. The second-order valence-electron chi connectivity index (χ2n) is 5.15. The van der Waals surface area contributed by atoms with Gasteiger partial charge in [-0.15, -0.1) is 11.3 Å². The number of rotatable bonds is 1. The van der Waals surface area contributed by atoms with Gasteiger partial charge in [-0.05, 0) is 19.1 Å². The summed E-state index contributed by atoms with van der Waals surface area (Å²) in [5.41, 5.74) is 0.868. The number of thiazole rings is 1. The molecule has 0 aliphatic carbocycles. The van der Waals surface area contributed by atoms with Crippen LogP contribution in [-0.4, -0.2) is 42.0 Å². The average Bonchev–Trinajstić information content (AvgIpc) is 3.00. The van der Waals surface area contributed by atoms with Crippen LogP contribution >= 0.6 is 11.3 Å². The molecule has 22 heavy (non-hydrogen) atoms. The fraction of sp³-hybridized carbons (Fsp3) is 0.294. The van der Waals surface area contributed by atoms with Gasteiger partial charge in [0.1, 0.15) is 0 Å². The number of hydrogen-bond acceptors (Lipinski definition) is 4. The van der Waals surface area contributed by atoms with Crippen molar-refractivity contribution in [2.24, 2.45) is 0 Å². The molecule has 0 radical (unpaired) electrons. The van der Waals surface area contributed by atoms with Crippen molar-refractivity contribution in [3.63, 3.8) is 0 Å². The van der Waals surface area contributed by atoms with Crippen LogP contribution in [-0.2, 0) is 4.79 Å². The monoisotopic (exact) mass is 311 g/mol. The van der Waals surface area contributed by atoms with Gasteiger partial charge in [-0.25, -0.2) is 4.98 Å². The van der Waals surface area contributed by atoms with Crippen LogP contribution in [0.4, 0.5) is 5.13 Å². The summed E-state index contributed by atoms with van der Waals surface area (Å²) in [6.45, 7) is 5.07. The molecule has 1 amide bonds. The standard InChI is InChI=1S/C17H17N3OS/c1-14-13-18-17(22-14)20-11-9-19(10-12-20)16(21)8-7-15-5-3-2-4-6-15/h2-6,13H,9-12H2,1H3. The lowest BCUT2D eigenvalue weighted by Gasteiger charge is -2.33. The van der Waals surface area contributed by atoms with Crippen molar-refractivity contribution < 1.29 is 4.79 Å². The molecular formula is C17H17N3OS. The molecule has 0 N–H and O–H groups in total. The van der Waals surface area contributed by atoms with Crippen LogP contribution in [0.5, 0.6) is 0 Å². The number of benzene rings is 1. The van der Waals surface area contributed by atoms with E-state index < -0.39 is 0 Å². The van der Waals surface area contributed by atoms with Crippen LogP contribution < -0.4 is 4.90 Å². The minimum absolute atomic E-state index is 0.0983. The van der Waals surface area contributed by atoms with E-state index in [4.69, 9.17) is 0 Å². The highest BCUT2D eigenvalue weighted by molar-refractivity contribution is 7.15. The Morgan fingerprint density at radius 2 is 1.91 bits per heavy atom. The minimum Gasteiger partial charge on any atom is -0.345 e. The molecule has 4 nitrogen and oxygen atoms in total. The number of aryl methyl sites for hydroxylation is 1. The van der Waals surface area contributed by atoms with Crippen molar-refractivity contribution in [2.75, 3.05) is 31.1 Å². The summed E-state index contributed by atoms with van der Waals surface area (Å²) in [6, 6.07) is 9.59. The normalized spacial score (nSPS) is 14.4. The summed E-state index contributed by atoms with van der Waals surface area (Å²) in [5, 5.41) is 1.04. The fourth-order valence-electron chi connectivity index (χ4n) is 2.32. The Balaban J connectivity index is 1.57. The summed E-state index contributed by atoms with van der Waals surface area (Å²) in [6.07, 6.45) is 1.89. The molecule has 1 saturated heterocycles. The van der Waals surface area contributed by atoms with Crippen molar-refractivity contribution in [3.8, 4) is 11.8 Å². The maximum absolute atomic E-state index is 12.1. The Labute approximate surface area is 134 Å². The third-order valence-corrected chi connectivity index (χ3v) is 4.51. The lowest BCUT2D eigenvalue weighted by atomic mass is 10.2. The van der Waals surface area contributed by atoms with Gasteiger partial charge < -0.3 is 9.80 Å². The van der Waals surface area contributed by atoms with Gasteiger partial charge in [-0.1, -0.05) is 24.1 Å². The van der Waals surface area contributed by atoms with Crippen molar-refractivity contribution in [3.05, 3.63) is 47.0 Å². The summed E-state index contributed by atoms with van der Waals surface area (Å²) in [5.74, 6) is 5.56. The quantitative estimate of drug-likeness (QED) is 0.757. The first-order chi connectivity index (χ1) is 10.7. The fourth-order valence-corrected chi connectivity index (χ4v) is 3.13. The van der Waals surface area contributed by atoms with Gasteiger partial charge >= 0.3 is 0 Å². The zero-order chi connectivity index (χ0) is 15.4. The predicted octanol–water partition coefficient (Wildman–Crippen LogP) is 2.15. The summed E-state index contributed by atoms with van der Waals surface area (Å²) < 4.78 is 0. The second kappa shape index (κ2) is 6.63. The van der Waals surface area contributed by atoms with Gasteiger partial charge in [0.15, 0.2) is 5.13 Å². The molecule has 1 aromatic carbocycles. The third kappa shape index (κ3) is 3.46. The molecule has 1 aliphatic heterocycles.